The van der Waals surface area contributed by atoms with Gasteiger partial charge in [0.05, 0.1) is 12.5 Å². The number of rotatable bonds is 6. The molecule has 0 saturated carbocycles. The minimum Gasteiger partial charge on any atom is -0.481 e. The highest BCUT2D eigenvalue weighted by molar-refractivity contribution is 5.67. The molecule has 2 N–H and O–H groups in total. The number of aliphatic hydroxyl groups excluding tert-OH is 1. The zero-order chi connectivity index (χ0) is 9.56. The first kappa shape index (κ1) is 11.4. The number of unbranched alkanes of at least 4 members (excludes halogenated alkanes) is 1. The molecule has 0 aromatic carbocycles. The van der Waals surface area contributed by atoms with E-state index in [9.17, 15) is 9.90 Å². The highest BCUT2D eigenvalue weighted by Crippen LogP contribution is 2.14. The second kappa shape index (κ2) is 6.00. The summed E-state index contributed by atoms with van der Waals surface area (Å²) in [4.78, 5) is 10.2. The average molecular weight is 174 g/mol. The summed E-state index contributed by atoms with van der Waals surface area (Å²) in [5.74, 6) is -0.827. The summed E-state index contributed by atoms with van der Waals surface area (Å²) in [7, 11) is 0. The predicted molar refractivity (Wildman–Crippen MR) is 46.9 cm³/mol. The molecule has 0 spiro atoms. The number of carboxylic acid groups (broad SMARTS) is 1. The minimum atomic E-state index is -0.925. The Morgan fingerprint density at radius 2 is 2.08 bits per heavy atom. The third kappa shape index (κ3) is 5.13. The van der Waals surface area contributed by atoms with Gasteiger partial charge in [0, 0.05) is 0 Å². The van der Waals surface area contributed by atoms with Crippen LogP contribution in [0.4, 0.5) is 0 Å². The number of carboxylic acids is 1. The average Bonchev–Trinajstić information content (AvgIpc) is 1.98. The van der Waals surface area contributed by atoms with Crippen molar-refractivity contribution in [2.24, 2.45) is 5.92 Å². The fourth-order valence-corrected chi connectivity index (χ4v) is 1.10. The number of aliphatic carboxylic acids is 1. The van der Waals surface area contributed by atoms with Crippen LogP contribution < -0.4 is 0 Å². The molecule has 0 amide bonds. The van der Waals surface area contributed by atoms with Crippen LogP contribution in [0.1, 0.15) is 39.5 Å². The largest absolute Gasteiger partial charge is 0.481 e. The van der Waals surface area contributed by atoms with Crippen molar-refractivity contribution in [1.29, 1.82) is 0 Å². The Balaban J connectivity index is 3.60. The van der Waals surface area contributed by atoms with E-state index in [1.807, 2.05) is 6.92 Å². The lowest BCUT2D eigenvalue weighted by atomic mass is 9.96. The maximum atomic E-state index is 10.2. The first-order chi connectivity index (χ1) is 5.57. The van der Waals surface area contributed by atoms with Crippen molar-refractivity contribution in [3.63, 3.8) is 0 Å². The molecule has 2 atom stereocenters. The molecule has 0 aliphatic rings. The molecule has 12 heavy (non-hydrogen) atoms. The topological polar surface area (TPSA) is 57.5 Å². The predicted octanol–water partition coefficient (Wildman–Crippen LogP) is 1.65. The molecular weight excluding hydrogens is 156 g/mol. The van der Waals surface area contributed by atoms with Crippen molar-refractivity contribution in [2.75, 3.05) is 0 Å². The zero-order valence-corrected chi connectivity index (χ0v) is 7.79. The highest BCUT2D eigenvalue weighted by atomic mass is 16.4. The van der Waals surface area contributed by atoms with Crippen LogP contribution in [-0.4, -0.2) is 22.3 Å². The maximum Gasteiger partial charge on any atom is 0.305 e. The highest BCUT2D eigenvalue weighted by Gasteiger charge is 2.16. The van der Waals surface area contributed by atoms with E-state index in [0.29, 0.717) is 0 Å². The molecule has 72 valence electrons. The van der Waals surface area contributed by atoms with Crippen LogP contribution in [-0.2, 0) is 4.79 Å². The molecule has 0 fully saturated rings. The van der Waals surface area contributed by atoms with Gasteiger partial charge in [0.2, 0.25) is 0 Å². The van der Waals surface area contributed by atoms with Gasteiger partial charge in [0.1, 0.15) is 0 Å². The quantitative estimate of drug-likeness (QED) is 0.643. The second-order valence-corrected chi connectivity index (χ2v) is 3.28. The molecule has 3 heteroatoms. The molecule has 0 aliphatic carbocycles. The number of aliphatic hydroxyl groups is 1. The van der Waals surface area contributed by atoms with Crippen molar-refractivity contribution < 1.29 is 15.0 Å². The van der Waals surface area contributed by atoms with Crippen LogP contribution >= 0.6 is 0 Å². The lowest BCUT2D eigenvalue weighted by Crippen LogP contribution is -2.21. The van der Waals surface area contributed by atoms with Gasteiger partial charge in [-0.1, -0.05) is 26.7 Å². The van der Waals surface area contributed by atoms with Crippen LogP contribution in [0.15, 0.2) is 0 Å². The molecule has 0 radical (unpaired) electrons. The summed E-state index contributed by atoms with van der Waals surface area (Å²) < 4.78 is 0. The van der Waals surface area contributed by atoms with Gasteiger partial charge in [0.25, 0.3) is 0 Å². The molecule has 0 saturated heterocycles. The zero-order valence-electron chi connectivity index (χ0n) is 7.79. The van der Waals surface area contributed by atoms with Crippen LogP contribution in [0.5, 0.6) is 0 Å². The molecule has 0 rings (SSSR count). The molecule has 1 unspecified atom stereocenters. The fraction of sp³-hybridized carbons (Fsp3) is 0.889. The molecule has 0 bridgehead atoms. The van der Waals surface area contributed by atoms with Gasteiger partial charge < -0.3 is 10.2 Å². The molecule has 0 aromatic heterocycles. The van der Waals surface area contributed by atoms with Crippen molar-refractivity contribution in [3.8, 4) is 0 Å². The number of hydrogen-bond acceptors (Lipinski definition) is 2. The molecule has 0 aromatic rings. The summed E-state index contributed by atoms with van der Waals surface area (Å²) in [5.41, 5.74) is 0. The van der Waals surface area contributed by atoms with Gasteiger partial charge in [-0.15, -0.1) is 0 Å². The van der Waals surface area contributed by atoms with E-state index in [0.717, 1.165) is 19.3 Å². The van der Waals surface area contributed by atoms with Gasteiger partial charge >= 0.3 is 5.97 Å². The Morgan fingerprint density at radius 3 is 2.50 bits per heavy atom. The Labute approximate surface area is 73.4 Å². The third-order valence-electron chi connectivity index (χ3n) is 2.05. The third-order valence-corrected chi connectivity index (χ3v) is 2.05. The van der Waals surface area contributed by atoms with E-state index in [1.165, 1.54) is 0 Å². The van der Waals surface area contributed by atoms with E-state index in [-0.39, 0.29) is 12.3 Å². The van der Waals surface area contributed by atoms with E-state index in [4.69, 9.17) is 5.11 Å². The molecule has 0 aliphatic heterocycles. The molecule has 0 heterocycles. The van der Waals surface area contributed by atoms with E-state index in [2.05, 4.69) is 6.92 Å². The van der Waals surface area contributed by atoms with E-state index in [1.54, 1.807) is 0 Å². The maximum absolute atomic E-state index is 10.2. The van der Waals surface area contributed by atoms with Crippen LogP contribution in [0, 0.1) is 5.92 Å². The van der Waals surface area contributed by atoms with Crippen molar-refractivity contribution in [2.45, 2.75) is 45.6 Å². The second-order valence-electron chi connectivity index (χ2n) is 3.28. The van der Waals surface area contributed by atoms with E-state index >= 15 is 0 Å². The summed E-state index contributed by atoms with van der Waals surface area (Å²) >= 11 is 0. The van der Waals surface area contributed by atoms with Gasteiger partial charge in [-0.3, -0.25) is 4.79 Å². The monoisotopic (exact) mass is 174 g/mol. The van der Waals surface area contributed by atoms with Gasteiger partial charge in [-0.05, 0) is 12.3 Å². The van der Waals surface area contributed by atoms with Crippen molar-refractivity contribution >= 4 is 5.97 Å². The van der Waals surface area contributed by atoms with E-state index < -0.39 is 12.1 Å². The van der Waals surface area contributed by atoms with Gasteiger partial charge in [0.15, 0.2) is 0 Å². The lowest BCUT2D eigenvalue weighted by Gasteiger charge is -2.16. The summed E-state index contributed by atoms with van der Waals surface area (Å²) in [6.45, 7) is 3.97. The number of hydrogen-bond donors (Lipinski definition) is 2. The van der Waals surface area contributed by atoms with Crippen LogP contribution in [0.3, 0.4) is 0 Å². The van der Waals surface area contributed by atoms with Crippen LogP contribution in [0.25, 0.3) is 0 Å². The number of carbonyl (C=O) groups is 1. The molecule has 3 nitrogen and oxygen atoms in total. The summed E-state index contributed by atoms with van der Waals surface area (Å²) in [5, 5.41) is 17.7. The van der Waals surface area contributed by atoms with Crippen molar-refractivity contribution in [3.05, 3.63) is 0 Å². The van der Waals surface area contributed by atoms with Gasteiger partial charge in [-0.25, -0.2) is 0 Å². The minimum absolute atomic E-state index is 0.0982. The SMILES string of the molecule is CCCCC(C)[C@H](O)CC(=O)O. The smallest absolute Gasteiger partial charge is 0.305 e. The normalized spacial score (nSPS) is 15.6. The summed E-state index contributed by atoms with van der Waals surface area (Å²) in [6.07, 6.45) is 2.23. The van der Waals surface area contributed by atoms with Crippen molar-refractivity contribution in [1.82, 2.24) is 0 Å². The first-order valence-electron chi connectivity index (χ1n) is 4.47. The lowest BCUT2D eigenvalue weighted by molar-refractivity contribution is -0.139. The first-order valence-corrected chi connectivity index (χ1v) is 4.47. The van der Waals surface area contributed by atoms with Gasteiger partial charge in [-0.2, -0.15) is 0 Å². The Bertz CT molecular complexity index is 134. The fourth-order valence-electron chi connectivity index (χ4n) is 1.10. The van der Waals surface area contributed by atoms with Crippen LogP contribution in [0.2, 0.25) is 0 Å². The standard InChI is InChI=1S/C9H18O3/c1-3-4-5-7(2)8(10)6-9(11)12/h7-8,10H,3-6H2,1-2H3,(H,11,12)/t7?,8-/m1/s1. The Kier molecular flexibility index (Phi) is 5.72. The summed E-state index contributed by atoms with van der Waals surface area (Å²) in [6, 6.07) is 0. The Morgan fingerprint density at radius 1 is 1.50 bits per heavy atom. The Hall–Kier alpha value is -0.570. The molecular formula is C9H18O3.